The molecule has 3 heteroatoms. The summed E-state index contributed by atoms with van der Waals surface area (Å²) in [4.78, 5) is 10.9. The van der Waals surface area contributed by atoms with Gasteiger partial charge in [-0.3, -0.25) is 4.79 Å². The Morgan fingerprint density at radius 3 is 2.79 bits per heavy atom. The van der Waals surface area contributed by atoms with Crippen LogP contribution in [-0.2, 0) is 14.3 Å². The van der Waals surface area contributed by atoms with E-state index in [9.17, 15) is 4.79 Å². The molecule has 0 aliphatic carbocycles. The van der Waals surface area contributed by atoms with Gasteiger partial charge >= 0.3 is 5.97 Å². The largest absolute Gasteiger partial charge is 0.432 e. The van der Waals surface area contributed by atoms with Gasteiger partial charge in [-0.25, -0.2) is 0 Å². The van der Waals surface area contributed by atoms with E-state index in [1.807, 2.05) is 30.3 Å². The fourth-order valence-corrected chi connectivity index (χ4v) is 1.28. The third kappa shape index (κ3) is 1.93. The van der Waals surface area contributed by atoms with Crippen molar-refractivity contribution in [3.63, 3.8) is 0 Å². The first-order chi connectivity index (χ1) is 6.81. The van der Waals surface area contributed by atoms with Crippen LogP contribution in [0.2, 0.25) is 0 Å². The van der Waals surface area contributed by atoms with Crippen molar-refractivity contribution >= 4 is 5.97 Å². The van der Waals surface area contributed by atoms with Gasteiger partial charge in [-0.2, -0.15) is 0 Å². The lowest BCUT2D eigenvalue weighted by Gasteiger charge is -1.97. The summed E-state index contributed by atoms with van der Waals surface area (Å²) in [6.07, 6.45) is -0.0435. The smallest absolute Gasteiger partial charge is 0.307 e. The Balaban J connectivity index is 1.91. The van der Waals surface area contributed by atoms with E-state index in [2.05, 4.69) is 0 Å². The van der Waals surface area contributed by atoms with Gasteiger partial charge in [0.25, 0.3) is 0 Å². The Morgan fingerprint density at radius 1 is 1.43 bits per heavy atom. The van der Waals surface area contributed by atoms with Crippen LogP contribution in [0.4, 0.5) is 0 Å². The minimum absolute atomic E-state index is 0.0632. The summed E-state index contributed by atoms with van der Waals surface area (Å²) in [5.41, 5.74) is 1.06. The minimum atomic E-state index is -0.371. The van der Waals surface area contributed by atoms with Gasteiger partial charge in [0.05, 0.1) is 0 Å². The number of hydrogen-bond donors (Lipinski definition) is 0. The molecule has 1 aromatic carbocycles. The second kappa shape index (κ2) is 3.80. The highest BCUT2D eigenvalue weighted by molar-refractivity contribution is 5.69. The van der Waals surface area contributed by atoms with Crippen LogP contribution in [0.5, 0.6) is 0 Å². The molecule has 1 aromatic rings. The molecule has 14 heavy (non-hydrogen) atoms. The Morgan fingerprint density at radius 2 is 2.14 bits per heavy atom. The zero-order valence-corrected chi connectivity index (χ0v) is 7.97. The predicted molar refractivity (Wildman–Crippen MR) is 50.4 cm³/mol. The van der Waals surface area contributed by atoms with Crippen LogP contribution in [0.15, 0.2) is 30.3 Å². The maximum Gasteiger partial charge on any atom is 0.307 e. The second-order valence-electron chi connectivity index (χ2n) is 3.18. The van der Waals surface area contributed by atoms with Gasteiger partial charge in [0, 0.05) is 6.42 Å². The fraction of sp³-hybridized carbons (Fsp3) is 0.364. The average Bonchev–Trinajstić information content (AvgIpc) is 2.98. The molecule has 1 saturated heterocycles. The molecular weight excluding hydrogens is 180 g/mol. The molecule has 0 saturated carbocycles. The van der Waals surface area contributed by atoms with E-state index in [0.717, 1.165) is 5.56 Å². The quantitative estimate of drug-likeness (QED) is 0.543. The molecule has 3 nitrogen and oxygen atoms in total. The first-order valence-corrected chi connectivity index (χ1v) is 4.71. The van der Waals surface area contributed by atoms with E-state index >= 15 is 0 Å². The SMILES string of the molecule is CCC(=O)OC1OC1c1ccccc1. The second-order valence-corrected chi connectivity index (χ2v) is 3.18. The summed E-state index contributed by atoms with van der Waals surface area (Å²) in [6, 6.07) is 9.75. The number of benzene rings is 1. The number of rotatable bonds is 3. The molecular formula is C11H12O3. The molecule has 2 unspecified atom stereocenters. The van der Waals surface area contributed by atoms with Crippen molar-refractivity contribution < 1.29 is 14.3 Å². The van der Waals surface area contributed by atoms with Gasteiger partial charge in [-0.15, -0.1) is 0 Å². The maximum absolute atomic E-state index is 10.9. The number of carbonyl (C=O) groups is 1. The summed E-state index contributed by atoms with van der Waals surface area (Å²) in [5.74, 6) is -0.214. The van der Waals surface area contributed by atoms with Crippen LogP contribution in [0, 0.1) is 0 Å². The molecule has 1 aliphatic heterocycles. The van der Waals surface area contributed by atoms with Gasteiger partial charge in [0.2, 0.25) is 6.29 Å². The van der Waals surface area contributed by atoms with Crippen LogP contribution in [0.1, 0.15) is 25.0 Å². The topological polar surface area (TPSA) is 38.8 Å². The monoisotopic (exact) mass is 192 g/mol. The molecule has 0 bridgehead atoms. The molecule has 1 heterocycles. The van der Waals surface area contributed by atoms with E-state index in [1.54, 1.807) is 6.92 Å². The Hall–Kier alpha value is -1.35. The first kappa shape index (κ1) is 9.21. The van der Waals surface area contributed by atoms with E-state index in [-0.39, 0.29) is 18.4 Å². The standard InChI is InChI=1S/C11H12O3/c1-2-9(12)13-11-10(14-11)8-6-4-3-5-7-8/h3-7,10-11H,2H2,1H3. The third-order valence-corrected chi connectivity index (χ3v) is 2.12. The summed E-state index contributed by atoms with van der Waals surface area (Å²) < 4.78 is 10.2. The van der Waals surface area contributed by atoms with Gasteiger partial charge < -0.3 is 9.47 Å². The third-order valence-electron chi connectivity index (χ3n) is 2.12. The number of carbonyl (C=O) groups excluding carboxylic acids is 1. The molecule has 74 valence electrons. The molecule has 0 radical (unpaired) electrons. The molecule has 0 amide bonds. The van der Waals surface area contributed by atoms with Crippen LogP contribution in [0.25, 0.3) is 0 Å². The molecule has 0 aromatic heterocycles. The Kier molecular flexibility index (Phi) is 2.50. The molecule has 2 atom stereocenters. The fourth-order valence-electron chi connectivity index (χ4n) is 1.28. The van der Waals surface area contributed by atoms with Crippen molar-refractivity contribution in [3.8, 4) is 0 Å². The molecule has 0 N–H and O–H groups in total. The van der Waals surface area contributed by atoms with Gasteiger partial charge in [0.1, 0.15) is 6.10 Å². The lowest BCUT2D eigenvalue weighted by atomic mass is 10.2. The summed E-state index contributed by atoms with van der Waals surface area (Å²) in [6.45, 7) is 1.77. The van der Waals surface area contributed by atoms with Crippen molar-refractivity contribution in [3.05, 3.63) is 35.9 Å². The van der Waals surface area contributed by atoms with Crippen LogP contribution in [-0.4, -0.2) is 12.3 Å². The van der Waals surface area contributed by atoms with Crippen molar-refractivity contribution in [2.24, 2.45) is 0 Å². The van der Waals surface area contributed by atoms with Crippen molar-refractivity contribution in [2.45, 2.75) is 25.7 Å². The van der Waals surface area contributed by atoms with Gasteiger partial charge in [0.15, 0.2) is 0 Å². The normalized spacial score (nSPS) is 24.4. The zero-order valence-electron chi connectivity index (χ0n) is 7.97. The predicted octanol–water partition coefficient (Wildman–Crippen LogP) is 2.04. The summed E-state index contributed by atoms with van der Waals surface area (Å²) >= 11 is 0. The van der Waals surface area contributed by atoms with Gasteiger partial charge in [-0.1, -0.05) is 37.3 Å². The number of ether oxygens (including phenoxy) is 2. The van der Waals surface area contributed by atoms with Gasteiger partial charge in [-0.05, 0) is 5.56 Å². The zero-order chi connectivity index (χ0) is 9.97. The van der Waals surface area contributed by atoms with Crippen molar-refractivity contribution in [2.75, 3.05) is 0 Å². The molecule has 2 rings (SSSR count). The molecule has 1 aliphatic rings. The van der Waals surface area contributed by atoms with Crippen molar-refractivity contribution in [1.29, 1.82) is 0 Å². The van der Waals surface area contributed by atoms with E-state index < -0.39 is 0 Å². The van der Waals surface area contributed by atoms with Crippen LogP contribution < -0.4 is 0 Å². The number of epoxide rings is 1. The molecule has 0 spiro atoms. The highest BCUT2D eigenvalue weighted by Gasteiger charge is 2.43. The van der Waals surface area contributed by atoms with Crippen LogP contribution in [0.3, 0.4) is 0 Å². The average molecular weight is 192 g/mol. The first-order valence-electron chi connectivity index (χ1n) is 4.71. The summed E-state index contributed by atoms with van der Waals surface area (Å²) in [5, 5.41) is 0. The number of hydrogen-bond acceptors (Lipinski definition) is 3. The van der Waals surface area contributed by atoms with E-state index in [1.165, 1.54) is 0 Å². The number of esters is 1. The highest BCUT2D eigenvalue weighted by Crippen LogP contribution is 2.39. The van der Waals surface area contributed by atoms with Crippen LogP contribution >= 0.6 is 0 Å². The highest BCUT2D eigenvalue weighted by atomic mass is 16.8. The van der Waals surface area contributed by atoms with Crippen molar-refractivity contribution in [1.82, 2.24) is 0 Å². The minimum Gasteiger partial charge on any atom is -0.432 e. The Bertz CT molecular complexity index is 321. The van der Waals surface area contributed by atoms with E-state index in [0.29, 0.717) is 6.42 Å². The Labute approximate surface area is 82.6 Å². The summed E-state index contributed by atoms with van der Waals surface area (Å²) in [7, 11) is 0. The lowest BCUT2D eigenvalue weighted by molar-refractivity contribution is -0.148. The molecule has 1 fully saturated rings. The lowest BCUT2D eigenvalue weighted by Crippen LogP contribution is -2.05. The van der Waals surface area contributed by atoms with E-state index in [4.69, 9.17) is 9.47 Å². The maximum atomic E-state index is 10.9.